The number of hydrogen-bond acceptors (Lipinski definition) is 2. The number of aryl methyl sites for hydroxylation is 1. The zero-order valence-electron chi connectivity index (χ0n) is 9.37. The van der Waals surface area contributed by atoms with E-state index < -0.39 is 5.97 Å². The third-order valence-electron chi connectivity index (χ3n) is 2.38. The number of hydrogen-bond donors (Lipinski definition) is 1. The lowest BCUT2D eigenvalue weighted by atomic mass is 10.3. The minimum Gasteiger partial charge on any atom is -0.423 e. The molecule has 0 aliphatic carbocycles. The molecule has 1 N–H and O–H groups in total. The summed E-state index contributed by atoms with van der Waals surface area (Å²) in [5, 5.41) is 0. The van der Waals surface area contributed by atoms with Crippen LogP contribution in [0, 0.1) is 5.82 Å². The molecule has 0 unspecified atom stereocenters. The van der Waals surface area contributed by atoms with E-state index in [4.69, 9.17) is 4.74 Å². The minimum absolute atomic E-state index is 0.329. The second-order valence-electron chi connectivity index (χ2n) is 3.61. The average Bonchev–Trinajstić information content (AvgIpc) is 2.81. The van der Waals surface area contributed by atoms with Crippen molar-refractivity contribution in [3.05, 3.63) is 53.6 Å². The Bertz CT molecular complexity index is 516. The lowest BCUT2D eigenvalue weighted by molar-refractivity contribution is 0.0735. The zero-order valence-corrected chi connectivity index (χ0v) is 9.37. The largest absolute Gasteiger partial charge is 0.423 e. The van der Waals surface area contributed by atoms with Gasteiger partial charge in [0.15, 0.2) is 0 Å². The summed E-state index contributed by atoms with van der Waals surface area (Å²) in [6.07, 6.45) is 2.43. The van der Waals surface area contributed by atoms with Gasteiger partial charge < -0.3 is 9.72 Å². The summed E-state index contributed by atoms with van der Waals surface area (Å²) in [6, 6.07) is 7.07. The van der Waals surface area contributed by atoms with E-state index in [0.717, 1.165) is 12.1 Å². The smallest absolute Gasteiger partial charge is 0.345 e. The van der Waals surface area contributed by atoms with Gasteiger partial charge in [-0.15, -0.1) is 0 Å². The summed E-state index contributed by atoms with van der Waals surface area (Å²) in [4.78, 5) is 14.7. The monoisotopic (exact) mass is 233 g/mol. The van der Waals surface area contributed by atoms with Gasteiger partial charge in [-0.2, -0.15) is 0 Å². The van der Waals surface area contributed by atoms with Crippen LogP contribution < -0.4 is 4.74 Å². The van der Waals surface area contributed by atoms with Crippen LogP contribution in [-0.4, -0.2) is 11.0 Å². The van der Waals surface area contributed by atoms with Crippen LogP contribution in [0.2, 0.25) is 0 Å². The molecule has 0 amide bonds. The van der Waals surface area contributed by atoms with Gasteiger partial charge in [-0.25, -0.2) is 9.18 Å². The van der Waals surface area contributed by atoms with Crippen LogP contribution >= 0.6 is 0 Å². The van der Waals surface area contributed by atoms with Gasteiger partial charge in [0.1, 0.15) is 11.6 Å². The maximum atomic E-state index is 12.7. The Hall–Kier alpha value is -2.10. The highest BCUT2D eigenvalue weighted by atomic mass is 19.1. The molecule has 0 spiro atoms. The SMILES string of the molecule is CCc1cc(C(=O)Oc2ccc(F)cc2)c[nH]1. The van der Waals surface area contributed by atoms with Crippen LogP contribution in [0.1, 0.15) is 23.0 Å². The number of aromatic nitrogens is 1. The van der Waals surface area contributed by atoms with E-state index >= 15 is 0 Å². The number of benzene rings is 1. The summed E-state index contributed by atoms with van der Waals surface area (Å²) < 4.78 is 17.7. The number of carbonyl (C=O) groups excluding carboxylic acids is 1. The van der Waals surface area contributed by atoms with Crippen LogP contribution in [0.25, 0.3) is 0 Å². The minimum atomic E-state index is -0.451. The fourth-order valence-electron chi connectivity index (χ4n) is 1.43. The van der Waals surface area contributed by atoms with Crippen molar-refractivity contribution in [2.45, 2.75) is 13.3 Å². The molecule has 0 atom stereocenters. The number of nitrogens with one attached hydrogen (secondary N) is 1. The average molecular weight is 233 g/mol. The molecular formula is C13H12FNO2. The highest BCUT2D eigenvalue weighted by Crippen LogP contribution is 2.14. The van der Waals surface area contributed by atoms with Gasteiger partial charge in [-0.05, 0) is 36.8 Å². The topological polar surface area (TPSA) is 42.1 Å². The van der Waals surface area contributed by atoms with Crippen molar-refractivity contribution in [3.8, 4) is 5.75 Å². The number of rotatable bonds is 3. The van der Waals surface area contributed by atoms with E-state index in [2.05, 4.69) is 4.98 Å². The lowest BCUT2D eigenvalue weighted by Gasteiger charge is -2.01. The van der Waals surface area contributed by atoms with Gasteiger partial charge in [0.05, 0.1) is 5.56 Å². The standard InChI is InChI=1S/C13H12FNO2/c1-2-11-7-9(8-15-11)13(16)17-12-5-3-10(14)4-6-12/h3-8,15H,2H2,1H3. The summed E-state index contributed by atoms with van der Waals surface area (Å²) in [5.41, 5.74) is 1.43. The number of H-pyrrole nitrogens is 1. The molecule has 2 aromatic rings. The summed E-state index contributed by atoms with van der Waals surface area (Å²) >= 11 is 0. The molecule has 0 saturated heterocycles. The van der Waals surface area contributed by atoms with E-state index in [1.807, 2.05) is 6.92 Å². The van der Waals surface area contributed by atoms with Gasteiger partial charge in [0.25, 0.3) is 0 Å². The van der Waals surface area contributed by atoms with Gasteiger partial charge >= 0.3 is 5.97 Å². The van der Waals surface area contributed by atoms with Crippen molar-refractivity contribution in [3.63, 3.8) is 0 Å². The Balaban J connectivity index is 2.08. The predicted octanol–water partition coefficient (Wildman–Crippen LogP) is 2.94. The maximum Gasteiger partial charge on any atom is 0.345 e. The molecular weight excluding hydrogens is 221 g/mol. The number of carbonyl (C=O) groups is 1. The number of aromatic amines is 1. The Morgan fingerprint density at radius 3 is 2.65 bits per heavy atom. The van der Waals surface area contributed by atoms with Gasteiger partial charge in [-0.3, -0.25) is 0 Å². The quantitative estimate of drug-likeness (QED) is 0.654. The first-order chi connectivity index (χ1) is 8.19. The molecule has 4 heteroatoms. The third kappa shape index (κ3) is 2.72. The molecule has 1 aromatic carbocycles. The second kappa shape index (κ2) is 4.82. The Morgan fingerprint density at radius 2 is 2.06 bits per heavy atom. The molecule has 17 heavy (non-hydrogen) atoms. The van der Waals surface area contributed by atoms with E-state index in [9.17, 15) is 9.18 Å². The van der Waals surface area contributed by atoms with Crippen LogP contribution in [-0.2, 0) is 6.42 Å². The fraction of sp³-hybridized carbons (Fsp3) is 0.154. The van der Waals surface area contributed by atoms with Crippen LogP contribution in [0.3, 0.4) is 0 Å². The Morgan fingerprint density at radius 1 is 1.35 bits per heavy atom. The maximum absolute atomic E-state index is 12.7. The lowest BCUT2D eigenvalue weighted by Crippen LogP contribution is -2.07. The molecule has 0 saturated carbocycles. The van der Waals surface area contributed by atoms with Crippen molar-refractivity contribution >= 4 is 5.97 Å². The van der Waals surface area contributed by atoms with Crippen molar-refractivity contribution in [2.24, 2.45) is 0 Å². The summed E-state index contributed by atoms with van der Waals surface area (Å²) in [7, 11) is 0. The predicted molar refractivity (Wildman–Crippen MR) is 61.5 cm³/mol. The van der Waals surface area contributed by atoms with Crippen LogP contribution in [0.4, 0.5) is 4.39 Å². The zero-order chi connectivity index (χ0) is 12.3. The third-order valence-corrected chi connectivity index (χ3v) is 2.38. The Kier molecular flexibility index (Phi) is 3.23. The normalized spacial score (nSPS) is 10.2. The molecule has 3 nitrogen and oxygen atoms in total. The van der Waals surface area contributed by atoms with Crippen molar-refractivity contribution in [2.75, 3.05) is 0 Å². The molecule has 1 heterocycles. The first-order valence-electron chi connectivity index (χ1n) is 5.34. The molecule has 88 valence electrons. The molecule has 0 bridgehead atoms. The summed E-state index contributed by atoms with van der Waals surface area (Å²) in [6.45, 7) is 1.99. The highest BCUT2D eigenvalue weighted by Gasteiger charge is 2.10. The fourth-order valence-corrected chi connectivity index (χ4v) is 1.43. The highest BCUT2D eigenvalue weighted by molar-refractivity contribution is 5.91. The molecule has 0 aliphatic heterocycles. The van der Waals surface area contributed by atoms with Crippen molar-refractivity contribution in [1.82, 2.24) is 4.98 Å². The van der Waals surface area contributed by atoms with Crippen molar-refractivity contribution < 1.29 is 13.9 Å². The number of esters is 1. The molecule has 0 radical (unpaired) electrons. The Labute approximate surface area is 98.2 Å². The first-order valence-corrected chi connectivity index (χ1v) is 5.34. The van der Waals surface area contributed by atoms with Crippen molar-refractivity contribution in [1.29, 1.82) is 0 Å². The van der Waals surface area contributed by atoms with Crippen LogP contribution in [0.15, 0.2) is 36.5 Å². The second-order valence-corrected chi connectivity index (χ2v) is 3.61. The van der Waals surface area contributed by atoms with Gasteiger partial charge in [0, 0.05) is 11.9 Å². The molecule has 0 aliphatic rings. The molecule has 1 aromatic heterocycles. The van der Waals surface area contributed by atoms with Gasteiger partial charge in [0.2, 0.25) is 0 Å². The summed E-state index contributed by atoms with van der Waals surface area (Å²) in [5.74, 6) is -0.483. The van der Waals surface area contributed by atoms with E-state index in [1.165, 1.54) is 24.3 Å². The van der Waals surface area contributed by atoms with E-state index in [1.54, 1.807) is 12.3 Å². The van der Waals surface area contributed by atoms with Gasteiger partial charge in [-0.1, -0.05) is 6.92 Å². The molecule has 0 fully saturated rings. The van der Waals surface area contributed by atoms with E-state index in [-0.39, 0.29) is 5.82 Å². The number of halogens is 1. The first kappa shape index (κ1) is 11.4. The van der Waals surface area contributed by atoms with Crippen LogP contribution in [0.5, 0.6) is 5.75 Å². The van der Waals surface area contributed by atoms with E-state index in [0.29, 0.717) is 11.3 Å². The number of ether oxygens (including phenoxy) is 1. The molecule has 2 rings (SSSR count).